The molecule has 0 saturated carbocycles. The number of hydrogen-bond donors (Lipinski definition) is 0. The van der Waals surface area contributed by atoms with Crippen molar-refractivity contribution < 1.29 is 14.3 Å². The molecular formula is C30H28N2O3. The predicted octanol–water partition coefficient (Wildman–Crippen LogP) is 5.86. The second kappa shape index (κ2) is 9.34. The van der Waals surface area contributed by atoms with E-state index in [9.17, 15) is 9.59 Å². The summed E-state index contributed by atoms with van der Waals surface area (Å²) in [5.74, 6) is -1.24. The lowest BCUT2D eigenvalue weighted by Gasteiger charge is -2.45. The molecule has 1 aliphatic heterocycles. The van der Waals surface area contributed by atoms with Crippen molar-refractivity contribution in [2.45, 2.75) is 32.1 Å². The summed E-state index contributed by atoms with van der Waals surface area (Å²) in [6.45, 7) is 3.98. The quantitative estimate of drug-likeness (QED) is 0.445. The summed E-state index contributed by atoms with van der Waals surface area (Å²) in [7, 11) is 0. The molecule has 5 heteroatoms. The number of hydrazone groups is 1. The SMILES string of the molecule is CCOC(=O)C1=CC[C@@H](c2ccccc2)[C@@]2(C(=O)N(c3ccccc3)N=C2C)[C@@H]1c1ccccc1. The number of anilines is 1. The second-order valence-corrected chi connectivity index (χ2v) is 8.93. The summed E-state index contributed by atoms with van der Waals surface area (Å²) in [5.41, 5.74) is 2.79. The molecule has 176 valence electrons. The minimum Gasteiger partial charge on any atom is -0.463 e. The maximum Gasteiger partial charge on any atom is 0.334 e. The van der Waals surface area contributed by atoms with Crippen LogP contribution < -0.4 is 5.01 Å². The molecule has 35 heavy (non-hydrogen) atoms. The predicted molar refractivity (Wildman–Crippen MR) is 137 cm³/mol. The third-order valence-corrected chi connectivity index (χ3v) is 7.13. The highest BCUT2D eigenvalue weighted by Gasteiger charge is 2.62. The molecule has 3 aromatic carbocycles. The molecular weight excluding hydrogens is 436 g/mol. The van der Waals surface area contributed by atoms with Gasteiger partial charge in [-0.15, -0.1) is 0 Å². The molecule has 3 atom stereocenters. The van der Waals surface area contributed by atoms with Crippen molar-refractivity contribution in [3.8, 4) is 0 Å². The van der Waals surface area contributed by atoms with Crippen molar-refractivity contribution in [3.05, 3.63) is 114 Å². The van der Waals surface area contributed by atoms with Gasteiger partial charge in [-0.25, -0.2) is 4.79 Å². The van der Waals surface area contributed by atoms with Crippen molar-refractivity contribution in [1.82, 2.24) is 0 Å². The van der Waals surface area contributed by atoms with E-state index in [0.29, 0.717) is 23.4 Å². The number of carbonyl (C=O) groups excluding carboxylic acids is 2. The molecule has 0 saturated heterocycles. The number of allylic oxidation sites excluding steroid dienone is 1. The fourth-order valence-electron chi connectivity index (χ4n) is 5.67. The van der Waals surface area contributed by atoms with Crippen LogP contribution in [0.4, 0.5) is 5.69 Å². The highest BCUT2D eigenvalue weighted by molar-refractivity contribution is 6.21. The first-order valence-corrected chi connectivity index (χ1v) is 12.0. The average molecular weight is 465 g/mol. The van der Waals surface area contributed by atoms with Gasteiger partial charge in [-0.3, -0.25) is 4.79 Å². The van der Waals surface area contributed by atoms with Gasteiger partial charge in [0.2, 0.25) is 0 Å². The molecule has 5 rings (SSSR count). The molecule has 0 unspecified atom stereocenters. The fraction of sp³-hybridized carbons (Fsp3) is 0.233. The zero-order chi connectivity index (χ0) is 24.4. The summed E-state index contributed by atoms with van der Waals surface area (Å²) in [4.78, 5) is 27.9. The van der Waals surface area contributed by atoms with Gasteiger partial charge >= 0.3 is 5.97 Å². The molecule has 0 radical (unpaired) electrons. The van der Waals surface area contributed by atoms with Crippen LogP contribution in [0.5, 0.6) is 0 Å². The number of carbonyl (C=O) groups is 2. The van der Waals surface area contributed by atoms with E-state index in [4.69, 9.17) is 9.84 Å². The number of esters is 1. The largest absolute Gasteiger partial charge is 0.463 e. The van der Waals surface area contributed by atoms with Crippen LogP contribution in [0.1, 0.15) is 43.2 Å². The van der Waals surface area contributed by atoms with Crippen molar-refractivity contribution in [2.75, 3.05) is 11.6 Å². The van der Waals surface area contributed by atoms with E-state index in [-0.39, 0.29) is 24.4 Å². The van der Waals surface area contributed by atoms with Crippen LogP contribution in [0, 0.1) is 5.41 Å². The normalized spacial score (nSPS) is 23.7. The van der Waals surface area contributed by atoms with Gasteiger partial charge in [0, 0.05) is 17.4 Å². The number of ether oxygens (including phenoxy) is 1. The van der Waals surface area contributed by atoms with Crippen LogP contribution in [0.2, 0.25) is 0 Å². The van der Waals surface area contributed by atoms with E-state index in [1.54, 1.807) is 6.92 Å². The van der Waals surface area contributed by atoms with Crippen molar-refractivity contribution >= 4 is 23.3 Å². The first kappa shape index (κ1) is 22.8. The Labute approximate surface area is 205 Å². The Morgan fingerprint density at radius 1 is 0.943 bits per heavy atom. The smallest absolute Gasteiger partial charge is 0.334 e. The van der Waals surface area contributed by atoms with Gasteiger partial charge in [0.15, 0.2) is 0 Å². The number of rotatable bonds is 5. The summed E-state index contributed by atoms with van der Waals surface area (Å²) in [5, 5.41) is 6.34. The first-order chi connectivity index (χ1) is 17.1. The fourth-order valence-corrected chi connectivity index (χ4v) is 5.67. The molecule has 1 amide bonds. The van der Waals surface area contributed by atoms with E-state index in [1.807, 2.05) is 91.9 Å². The topological polar surface area (TPSA) is 59.0 Å². The van der Waals surface area contributed by atoms with Gasteiger partial charge in [-0.1, -0.05) is 84.9 Å². The Morgan fingerprint density at radius 3 is 2.11 bits per heavy atom. The third-order valence-electron chi connectivity index (χ3n) is 7.13. The average Bonchev–Trinajstić information content (AvgIpc) is 3.16. The Hall–Kier alpha value is -3.99. The number of hydrogen-bond acceptors (Lipinski definition) is 4. The Morgan fingerprint density at radius 2 is 1.51 bits per heavy atom. The number of para-hydroxylation sites is 1. The Kier molecular flexibility index (Phi) is 6.08. The molecule has 1 spiro atoms. The van der Waals surface area contributed by atoms with Crippen LogP contribution in [0.25, 0.3) is 0 Å². The summed E-state index contributed by atoms with van der Waals surface area (Å²) in [6, 6.07) is 29.3. The highest BCUT2D eigenvalue weighted by atomic mass is 16.5. The summed E-state index contributed by atoms with van der Waals surface area (Å²) in [6.07, 6.45) is 2.49. The van der Waals surface area contributed by atoms with E-state index >= 15 is 0 Å². The first-order valence-electron chi connectivity index (χ1n) is 12.0. The lowest BCUT2D eigenvalue weighted by molar-refractivity contribution is -0.139. The van der Waals surface area contributed by atoms with Gasteiger partial charge in [-0.2, -0.15) is 10.1 Å². The Balaban J connectivity index is 1.77. The van der Waals surface area contributed by atoms with Gasteiger partial charge in [-0.05, 0) is 43.5 Å². The molecule has 0 aromatic heterocycles. The molecule has 0 bridgehead atoms. The lowest BCUT2D eigenvalue weighted by atomic mass is 9.54. The molecule has 0 N–H and O–H groups in total. The second-order valence-electron chi connectivity index (χ2n) is 8.93. The van der Waals surface area contributed by atoms with Crippen molar-refractivity contribution in [2.24, 2.45) is 10.5 Å². The maximum absolute atomic E-state index is 14.6. The van der Waals surface area contributed by atoms with E-state index < -0.39 is 11.3 Å². The molecule has 1 aliphatic carbocycles. The Bertz CT molecular complexity index is 1280. The number of amides is 1. The number of nitrogens with zero attached hydrogens (tertiary/aromatic N) is 2. The molecule has 3 aromatic rings. The van der Waals surface area contributed by atoms with Crippen LogP contribution in [0.3, 0.4) is 0 Å². The van der Waals surface area contributed by atoms with Gasteiger partial charge in [0.05, 0.1) is 18.0 Å². The van der Waals surface area contributed by atoms with Crippen molar-refractivity contribution in [1.29, 1.82) is 0 Å². The molecule has 2 aliphatic rings. The van der Waals surface area contributed by atoms with Gasteiger partial charge < -0.3 is 4.74 Å². The van der Waals surface area contributed by atoms with Gasteiger partial charge in [0.1, 0.15) is 5.41 Å². The summed E-state index contributed by atoms with van der Waals surface area (Å²) < 4.78 is 5.49. The van der Waals surface area contributed by atoms with E-state index in [0.717, 1.165) is 11.1 Å². The van der Waals surface area contributed by atoms with E-state index in [1.165, 1.54) is 5.01 Å². The standard InChI is InChI=1S/C30H28N2O3/c1-3-35-28(33)25-19-20-26(22-13-7-4-8-14-22)30(27(25)23-15-9-5-10-16-23)21(2)31-32(29(30)34)24-17-11-6-12-18-24/h4-19,26-27H,3,20H2,1-2H3/t26-,27+,30+/m0/s1. The van der Waals surface area contributed by atoms with Crippen LogP contribution in [-0.2, 0) is 14.3 Å². The zero-order valence-corrected chi connectivity index (χ0v) is 19.9. The van der Waals surface area contributed by atoms with Crippen LogP contribution >= 0.6 is 0 Å². The highest BCUT2D eigenvalue weighted by Crippen LogP contribution is 2.59. The lowest BCUT2D eigenvalue weighted by Crippen LogP contribution is -2.51. The van der Waals surface area contributed by atoms with Crippen molar-refractivity contribution in [3.63, 3.8) is 0 Å². The summed E-state index contributed by atoms with van der Waals surface area (Å²) >= 11 is 0. The van der Waals surface area contributed by atoms with Crippen LogP contribution in [-0.4, -0.2) is 24.2 Å². The molecule has 1 heterocycles. The van der Waals surface area contributed by atoms with Crippen LogP contribution in [0.15, 0.2) is 108 Å². The maximum atomic E-state index is 14.6. The zero-order valence-electron chi connectivity index (χ0n) is 19.9. The molecule has 0 fully saturated rings. The van der Waals surface area contributed by atoms with Gasteiger partial charge in [0.25, 0.3) is 5.91 Å². The minimum absolute atomic E-state index is 0.126. The minimum atomic E-state index is -1.07. The molecule has 5 nitrogen and oxygen atoms in total. The third kappa shape index (κ3) is 3.68. The monoisotopic (exact) mass is 464 g/mol. The van der Waals surface area contributed by atoms with E-state index in [2.05, 4.69) is 12.1 Å². The number of benzene rings is 3.